The lowest BCUT2D eigenvalue weighted by atomic mass is 10.4. The van der Waals surface area contributed by atoms with Gasteiger partial charge in [-0.05, 0) is 19.2 Å². The molecule has 1 N–H and O–H groups in total. The summed E-state index contributed by atoms with van der Waals surface area (Å²) in [5.41, 5.74) is 1.12. The highest BCUT2D eigenvalue weighted by Crippen LogP contribution is 2.06. The van der Waals surface area contributed by atoms with Crippen LogP contribution in [0, 0.1) is 6.92 Å². The molecule has 0 saturated carbocycles. The molecular formula is C9H15N7. The summed E-state index contributed by atoms with van der Waals surface area (Å²) in [7, 11) is 3.67. The fourth-order valence-corrected chi connectivity index (χ4v) is 1.58. The Labute approximate surface area is 93.5 Å². The smallest absolute Gasteiger partial charge is 0.194 e. The number of hydrogen-bond acceptors (Lipinski definition) is 5. The van der Waals surface area contributed by atoms with Crippen molar-refractivity contribution in [3.8, 4) is 0 Å². The van der Waals surface area contributed by atoms with Gasteiger partial charge in [0.25, 0.3) is 0 Å². The zero-order chi connectivity index (χ0) is 11.5. The molecule has 0 aromatic carbocycles. The topological polar surface area (TPSA) is 73.5 Å². The average molecular weight is 221 g/mol. The van der Waals surface area contributed by atoms with Crippen molar-refractivity contribution < 1.29 is 0 Å². The van der Waals surface area contributed by atoms with Crippen molar-refractivity contribution in [1.82, 2.24) is 35.1 Å². The van der Waals surface area contributed by atoms with Gasteiger partial charge in [0.15, 0.2) is 5.82 Å². The van der Waals surface area contributed by atoms with Gasteiger partial charge in [-0.3, -0.25) is 0 Å². The lowest BCUT2D eigenvalue weighted by molar-refractivity contribution is 0.619. The van der Waals surface area contributed by atoms with Crippen LogP contribution in [0.2, 0.25) is 0 Å². The standard InChI is InChI=1S/C9H15N7/c1-7-11-5-8(4-10-2)16(7)6-9-12-14-15(3)13-9/h5,10H,4,6H2,1-3H3. The van der Waals surface area contributed by atoms with Crippen LogP contribution in [0.5, 0.6) is 0 Å². The van der Waals surface area contributed by atoms with Gasteiger partial charge in [-0.15, -0.1) is 10.2 Å². The Kier molecular flexibility index (Phi) is 2.95. The second-order valence-corrected chi connectivity index (χ2v) is 3.61. The Morgan fingerprint density at radius 2 is 2.25 bits per heavy atom. The summed E-state index contributed by atoms with van der Waals surface area (Å²) in [6.45, 7) is 3.35. The predicted molar refractivity (Wildman–Crippen MR) is 57.6 cm³/mol. The minimum atomic E-state index is 0.608. The first kappa shape index (κ1) is 10.7. The number of hydrogen-bond donors (Lipinski definition) is 1. The molecule has 7 heteroatoms. The summed E-state index contributed by atoms with van der Waals surface area (Å²) in [6.07, 6.45) is 1.86. The fraction of sp³-hybridized carbons (Fsp3) is 0.556. The number of aromatic nitrogens is 6. The third-order valence-electron chi connectivity index (χ3n) is 2.34. The lowest BCUT2D eigenvalue weighted by Crippen LogP contribution is -2.13. The van der Waals surface area contributed by atoms with Gasteiger partial charge in [0.1, 0.15) is 5.82 Å². The molecule has 7 nitrogen and oxygen atoms in total. The van der Waals surface area contributed by atoms with Crippen molar-refractivity contribution in [3.05, 3.63) is 23.5 Å². The van der Waals surface area contributed by atoms with Crippen LogP contribution in [0.25, 0.3) is 0 Å². The number of imidazole rings is 1. The molecule has 0 radical (unpaired) electrons. The van der Waals surface area contributed by atoms with E-state index in [-0.39, 0.29) is 0 Å². The van der Waals surface area contributed by atoms with Crippen molar-refractivity contribution in [2.24, 2.45) is 7.05 Å². The molecule has 2 aromatic rings. The molecule has 2 rings (SSSR count). The summed E-state index contributed by atoms with van der Waals surface area (Å²) in [6, 6.07) is 0. The van der Waals surface area contributed by atoms with Gasteiger partial charge >= 0.3 is 0 Å². The van der Waals surface area contributed by atoms with Crippen LogP contribution in [0.3, 0.4) is 0 Å². The highest BCUT2D eigenvalue weighted by Gasteiger charge is 2.09. The molecule has 2 heterocycles. The maximum Gasteiger partial charge on any atom is 0.194 e. The number of tetrazole rings is 1. The summed E-state index contributed by atoms with van der Waals surface area (Å²) in [5, 5.41) is 15.0. The molecule has 2 aromatic heterocycles. The number of aryl methyl sites for hydroxylation is 2. The maximum atomic E-state index is 4.28. The van der Waals surface area contributed by atoms with Gasteiger partial charge < -0.3 is 9.88 Å². The molecule has 0 saturated heterocycles. The molecule has 0 aliphatic heterocycles. The highest BCUT2D eigenvalue weighted by molar-refractivity contribution is 5.06. The maximum absolute atomic E-state index is 4.28. The Morgan fingerprint density at radius 3 is 2.88 bits per heavy atom. The number of nitrogens with zero attached hydrogens (tertiary/aromatic N) is 6. The molecule has 0 unspecified atom stereocenters. The molecule has 16 heavy (non-hydrogen) atoms. The third-order valence-corrected chi connectivity index (χ3v) is 2.34. The van der Waals surface area contributed by atoms with E-state index < -0.39 is 0 Å². The van der Waals surface area contributed by atoms with Crippen LogP contribution in [0.4, 0.5) is 0 Å². The van der Waals surface area contributed by atoms with Gasteiger partial charge in [-0.1, -0.05) is 0 Å². The number of rotatable bonds is 4. The molecule has 0 bridgehead atoms. The van der Waals surface area contributed by atoms with E-state index in [0.29, 0.717) is 12.4 Å². The van der Waals surface area contributed by atoms with Crippen LogP contribution in [-0.4, -0.2) is 36.8 Å². The van der Waals surface area contributed by atoms with Crippen LogP contribution < -0.4 is 5.32 Å². The van der Waals surface area contributed by atoms with Crippen molar-refractivity contribution >= 4 is 0 Å². The first-order valence-corrected chi connectivity index (χ1v) is 5.09. The molecule has 0 amide bonds. The van der Waals surface area contributed by atoms with Gasteiger partial charge in [-0.25, -0.2) is 4.98 Å². The molecule has 0 aliphatic rings. The van der Waals surface area contributed by atoms with E-state index in [1.807, 2.05) is 20.2 Å². The van der Waals surface area contributed by atoms with Crippen molar-refractivity contribution in [2.75, 3.05) is 7.05 Å². The van der Waals surface area contributed by atoms with E-state index in [1.54, 1.807) is 7.05 Å². The second kappa shape index (κ2) is 4.40. The Balaban J connectivity index is 2.22. The number of nitrogens with one attached hydrogen (secondary N) is 1. The summed E-state index contributed by atoms with van der Waals surface area (Å²) >= 11 is 0. The summed E-state index contributed by atoms with van der Waals surface area (Å²) in [4.78, 5) is 5.74. The van der Waals surface area contributed by atoms with E-state index in [2.05, 4.69) is 30.3 Å². The van der Waals surface area contributed by atoms with Crippen LogP contribution in [0.1, 0.15) is 17.3 Å². The van der Waals surface area contributed by atoms with Crippen LogP contribution in [-0.2, 0) is 20.1 Å². The Bertz CT molecular complexity index is 470. The van der Waals surface area contributed by atoms with Crippen LogP contribution >= 0.6 is 0 Å². The first-order chi connectivity index (χ1) is 7.70. The molecule has 0 spiro atoms. The summed E-state index contributed by atoms with van der Waals surface area (Å²) < 4.78 is 2.08. The fourth-order valence-electron chi connectivity index (χ4n) is 1.58. The van der Waals surface area contributed by atoms with E-state index >= 15 is 0 Å². The van der Waals surface area contributed by atoms with Crippen molar-refractivity contribution in [1.29, 1.82) is 0 Å². The van der Waals surface area contributed by atoms with E-state index in [1.165, 1.54) is 4.80 Å². The van der Waals surface area contributed by atoms with Gasteiger partial charge in [0, 0.05) is 12.7 Å². The van der Waals surface area contributed by atoms with Crippen LogP contribution in [0.15, 0.2) is 6.20 Å². The minimum absolute atomic E-state index is 0.608. The minimum Gasteiger partial charge on any atom is -0.323 e. The summed E-state index contributed by atoms with van der Waals surface area (Å²) in [5.74, 6) is 1.65. The molecule has 86 valence electrons. The lowest BCUT2D eigenvalue weighted by Gasteiger charge is -2.06. The molecule has 0 atom stereocenters. The van der Waals surface area contributed by atoms with Gasteiger partial charge in [0.2, 0.25) is 0 Å². The predicted octanol–water partition coefficient (Wildman–Crippen LogP) is -0.517. The van der Waals surface area contributed by atoms with Gasteiger partial charge in [-0.2, -0.15) is 4.80 Å². The molecule has 0 aliphatic carbocycles. The SMILES string of the molecule is CNCc1cnc(C)n1Cc1nnn(C)n1. The van der Waals surface area contributed by atoms with E-state index in [9.17, 15) is 0 Å². The monoisotopic (exact) mass is 221 g/mol. The quantitative estimate of drug-likeness (QED) is 0.752. The Morgan fingerprint density at radius 1 is 1.44 bits per heavy atom. The highest BCUT2D eigenvalue weighted by atomic mass is 15.6. The first-order valence-electron chi connectivity index (χ1n) is 5.09. The zero-order valence-electron chi connectivity index (χ0n) is 9.67. The van der Waals surface area contributed by atoms with Crippen molar-refractivity contribution in [3.63, 3.8) is 0 Å². The largest absolute Gasteiger partial charge is 0.323 e. The zero-order valence-corrected chi connectivity index (χ0v) is 9.67. The van der Waals surface area contributed by atoms with E-state index in [0.717, 1.165) is 18.1 Å². The third kappa shape index (κ3) is 2.08. The average Bonchev–Trinajstić information content (AvgIpc) is 2.79. The van der Waals surface area contributed by atoms with E-state index in [4.69, 9.17) is 0 Å². The van der Waals surface area contributed by atoms with Gasteiger partial charge in [0.05, 0.1) is 19.3 Å². The van der Waals surface area contributed by atoms with Crippen molar-refractivity contribution in [2.45, 2.75) is 20.0 Å². The molecule has 0 fully saturated rings. The second-order valence-electron chi connectivity index (χ2n) is 3.61. The Hall–Kier alpha value is -1.76. The normalized spacial score (nSPS) is 10.9. The molecular weight excluding hydrogens is 206 g/mol.